The minimum atomic E-state index is -1.36. The summed E-state index contributed by atoms with van der Waals surface area (Å²) in [5.74, 6) is 0.274. The van der Waals surface area contributed by atoms with Crippen LogP contribution in [0.1, 0.15) is 40.5 Å². The smallest absolute Gasteiger partial charge is 0.331 e. The summed E-state index contributed by atoms with van der Waals surface area (Å²) in [7, 11) is -2.72. The van der Waals surface area contributed by atoms with E-state index in [0.717, 1.165) is 24.6 Å². The van der Waals surface area contributed by atoms with Crippen LogP contribution in [-0.2, 0) is 28.5 Å². The molecule has 0 amide bonds. The Morgan fingerprint density at radius 2 is 1.00 bits per heavy atom. The zero-order chi connectivity index (χ0) is 24.6. The SMILES string of the molecule is CC(C)CC[Si](C)(C)COCCOC(=O)/C=C\C(=O)OCCOC[Si](C)(C)CCC(C)C. The lowest BCUT2D eigenvalue weighted by Gasteiger charge is -2.23. The molecule has 0 bridgehead atoms. The lowest BCUT2D eigenvalue weighted by molar-refractivity contribution is -0.141. The fourth-order valence-corrected chi connectivity index (χ4v) is 7.23. The van der Waals surface area contributed by atoms with Crippen molar-refractivity contribution in [2.75, 3.05) is 38.9 Å². The Balaban J connectivity index is 3.85. The van der Waals surface area contributed by atoms with Crippen molar-refractivity contribution in [3.8, 4) is 0 Å². The molecule has 0 radical (unpaired) electrons. The lowest BCUT2D eigenvalue weighted by atomic mass is 10.2. The van der Waals surface area contributed by atoms with E-state index in [2.05, 4.69) is 53.9 Å². The highest BCUT2D eigenvalue weighted by atomic mass is 28.3. The Kier molecular flexibility index (Phi) is 16.1. The fourth-order valence-electron chi connectivity index (χ4n) is 2.83. The molecule has 0 spiro atoms. The van der Waals surface area contributed by atoms with E-state index in [1.54, 1.807) is 0 Å². The van der Waals surface area contributed by atoms with E-state index in [0.29, 0.717) is 25.0 Å². The predicted octanol–water partition coefficient (Wildman–Crippen LogP) is 5.25. The third-order valence-electron chi connectivity index (χ3n) is 5.08. The van der Waals surface area contributed by atoms with Gasteiger partial charge in [-0.3, -0.25) is 0 Å². The summed E-state index contributed by atoms with van der Waals surface area (Å²) in [6.07, 6.45) is 6.15. The van der Waals surface area contributed by atoms with Gasteiger partial charge in [0.25, 0.3) is 0 Å². The van der Waals surface area contributed by atoms with Gasteiger partial charge in [0.05, 0.1) is 29.4 Å². The molecule has 0 saturated carbocycles. The Labute approximate surface area is 198 Å². The number of hydrogen-bond acceptors (Lipinski definition) is 6. The molecule has 0 aromatic rings. The Bertz CT molecular complexity index is 511. The molecule has 188 valence electrons. The van der Waals surface area contributed by atoms with E-state index in [4.69, 9.17) is 18.9 Å². The van der Waals surface area contributed by atoms with Crippen LogP contribution in [0.15, 0.2) is 12.2 Å². The van der Waals surface area contributed by atoms with Crippen LogP contribution in [-0.4, -0.2) is 67.0 Å². The van der Waals surface area contributed by atoms with E-state index >= 15 is 0 Å². The van der Waals surface area contributed by atoms with Crippen LogP contribution in [0.25, 0.3) is 0 Å². The molecule has 0 aliphatic carbocycles. The summed E-state index contributed by atoms with van der Waals surface area (Å²) in [5, 5.41) is 0. The van der Waals surface area contributed by atoms with Crippen molar-refractivity contribution in [2.45, 2.75) is 78.8 Å². The maximum Gasteiger partial charge on any atom is 0.331 e. The first-order valence-electron chi connectivity index (χ1n) is 12.0. The fraction of sp³-hybridized carbons (Fsp3) is 0.833. The van der Waals surface area contributed by atoms with Crippen LogP contribution in [0.5, 0.6) is 0 Å². The van der Waals surface area contributed by atoms with E-state index in [1.807, 2.05) is 0 Å². The van der Waals surface area contributed by atoms with Crippen molar-refractivity contribution in [1.82, 2.24) is 0 Å². The molecule has 0 aliphatic rings. The highest BCUT2D eigenvalue weighted by molar-refractivity contribution is 6.77. The summed E-state index contributed by atoms with van der Waals surface area (Å²) in [4.78, 5) is 23.4. The van der Waals surface area contributed by atoms with E-state index in [-0.39, 0.29) is 13.2 Å². The van der Waals surface area contributed by atoms with Crippen LogP contribution < -0.4 is 0 Å². The molecule has 0 heterocycles. The third kappa shape index (κ3) is 19.7. The first-order chi connectivity index (χ1) is 14.8. The molecule has 0 aliphatic heterocycles. The van der Waals surface area contributed by atoms with Crippen LogP contribution in [0.2, 0.25) is 38.3 Å². The highest BCUT2D eigenvalue weighted by Crippen LogP contribution is 2.17. The normalized spacial score (nSPS) is 12.7. The zero-order valence-electron chi connectivity index (χ0n) is 21.8. The van der Waals surface area contributed by atoms with Gasteiger partial charge >= 0.3 is 11.9 Å². The monoisotopic (exact) mass is 488 g/mol. The minimum Gasteiger partial charge on any atom is -0.460 e. The minimum absolute atomic E-state index is 0.178. The molecule has 0 unspecified atom stereocenters. The Morgan fingerprint density at radius 1 is 0.656 bits per heavy atom. The van der Waals surface area contributed by atoms with Crippen molar-refractivity contribution in [1.29, 1.82) is 0 Å². The Morgan fingerprint density at radius 3 is 1.31 bits per heavy atom. The van der Waals surface area contributed by atoms with Crippen molar-refractivity contribution >= 4 is 28.1 Å². The van der Waals surface area contributed by atoms with Crippen LogP contribution in [0.3, 0.4) is 0 Å². The van der Waals surface area contributed by atoms with Gasteiger partial charge in [-0.1, -0.05) is 78.8 Å². The topological polar surface area (TPSA) is 71.1 Å². The van der Waals surface area contributed by atoms with Gasteiger partial charge in [-0.15, -0.1) is 0 Å². The van der Waals surface area contributed by atoms with E-state index in [1.165, 1.54) is 24.9 Å². The lowest BCUT2D eigenvalue weighted by Crippen LogP contribution is -2.33. The summed E-state index contributed by atoms with van der Waals surface area (Å²) in [6, 6.07) is 2.47. The van der Waals surface area contributed by atoms with E-state index in [9.17, 15) is 9.59 Å². The van der Waals surface area contributed by atoms with Crippen molar-refractivity contribution < 1.29 is 28.5 Å². The number of hydrogen-bond donors (Lipinski definition) is 0. The molecule has 0 N–H and O–H groups in total. The number of carbonyl (C=O) groups is 2. The molecule has 0 atom stereocenters. The summed E-state index contributed by atoms with van der Waals surface area (Å²) < 4.78 is 21.5. The molecule has 0 aromatic carbocycles. The van der Waals surface area contributed by atoms with Crippen molar-refractivity contribution in [3.05, 3.63) is 12.2 Å². The zero-order valence-corrected chi connectivity index (χ0v) is 23.8. The summed E-state index contributed by atoms with van der Waals surface area (Å²) in [6.45, 7) is 19.3. The highest BCUT2D eigenvalue weighted by Gasteiger charge is 2.22. The number of rotatable bonds is 18. The second-order valence-electron chi connectivity index (χ2n) is 11.0. The van der Waals surface area contributed by atoms with Gasteiger partial charge in [0.15, 0.2) is 0 Å². The molecule has 32 heavy (non-hydrogen) atoms. The molecule has 0 rings (SSSR count). The second kappa shape index (κ2) is 16.6. The van der Waals surface area contributed by atoms with Gasteiger partial charge in [0.2, 0.25) is 0 Å². The maximum atomic E-state index is 11.7. The second-order valence-corrected chi connectivity index (χ2v) is 21.2. The van der Waals surface area contributed by atoms with Crippen molar-refractivity contribution in [3.63, 3.8) is 0 Å². The van der Waals surface area contributed by atoms with Gasteiger partial charge in [-0.25, -0.2) is 9.59 Å². The molecule has 0 aromatic heterocycles. The Hall–Kier alpha value is -0.966. The average molecular weight is 489 g/mol. The van der Waals surface area contributed by atoms with Gasteiger partial charge in [-0.2, -0.15) is 0 Å². The standard InChI is InChI=1S/C24H48O6Si2/c1-21(2)11-17-31(5,6)19-27-13-15-29-23(25)9-10-24(26)30-16-14-28-20-32(7,8)18-12-22(3)4/h9-10,21-22H,11-20H2,1-8H3/b10-9-. The molecule has 8 heteroatoms. The molecule has 0 fully saturated rings. The largest absolute Gasteiger partial charge is 0.460 e. The molecular weight excluding hydrogens is 440 g/mol. The first-order valence-corrected chi connectivity index (χ1v) is 18.8. The van der Waals surface area contributed by atoms with E-state index < -0.39 is 28.1 Å². The summed E-state index contributed by atoms with van der Waals surface area (Å²) in [5.41, 5.74) is 0. The third-order valence-corrected chi connectivity index (χ3v) is 10.3. The molecule has 0 saturated heterocycles. The van der Waals surface area contributed by atoms with Gasteiger partial charge in [0, 0.05) is 24.6 Å². The van der Waals surface area contributed by atoms with Crippen molar-refractivity contribution in [2.24, 2.45) is 11.8 Å². The number of carbonyl (C=O) groups excluding carboxylic acids is 2. The van der Waals surface area contributed by atoms with Crippen LogP contribution in [0.4, 0.5) is 0 Å². The number of ether oxygens (including phenoxy) is 4. The van der Waals surface area contributed by atoms with Crippen LogP contribution in [0, 0.1) is 11.8 Å². The average Bonchev–Trinajstić information content (AvgIpc) is 2.69. The predicted molar refractivity (Wildman–Crippen MR) is 136 cm³/mol. The number of esters is 2. The van der Waals surface area contributed by atoms with Gasteiger partial charge < -0.3 is 18.9 Å². The quantitative estimate of drug-likeness (QED) is 0.114. The van der Waals surface area contributed by atoms with Gasteiger partial charge in [-0.05, 0) is 11.8 Å². The first kappa shape index (κ1) is 31.0. The molecular formula is C24H48O6Si2. The summed E-state index contributed by atoms with van der Waals surface area (Å²) >= 11 is 0. The maximum absolute atomic E-state index is 11.7. The van der Waals surface area contributed by atoms with Gasteiger partial charge in [0.1, 0.15) is 13.2 Å². The van der Waals surface area contributed by atoms with Crippen LogP contribution >= 0.6 is 0 Å². The molecule has 6 nitrogen and oxygen atoms in total.